The molecule has 21 heavy (non-hydrogen) atoms. The third kappa shape index (κ3) is 3.44. The molecule has 0 amide bonds. The number of piperazine rings is 1. The van der Waals surface area contributed by atoms with Gasteiger partial charge < -0.3 is 4.90 Å². The van der Waals surface area contributed by atoms with Crippen LogP contribution in [-0.2, 0) is 6.54 Å². The van der Waals surface area contributed by atoms with Gasteiger partial charge in [-0.15, -0.1) is 0 Å². The van der Waals surface area contributed by atoms with Gasteiger partial charge in [-0.25, -0.2) is 4.39 Å². The van der Waals surface area contributed by atoms with E-state index in [9.17, 15) is 4.39 Å². The van der Waals surface area contributed by atoms with Gasteiger partial charge in [0.15, 0.2) is 0 Å². The fraction of sp³-hybridized carbons (Fsp3) is 0.294. The number of halogens is 2. The van der Waals surface area contributed by atoms with Crippen molar-refractivity contribution in [3.8, 4) is 0 Å². The smallest absolute Gasteiger partial charge is 0.137 e. The van der Waals surface area contributed by atoms with Gasteiger partial charge in [-0.05, 0) is 39.7 Å². The van der Waals surface area contributed by atoms with Gasteiger partial charge >= 0.3 is 0 Å². The molecule has 1 saturated heterocycles. The van der Waals surface area contributed by atoms with E-state index in [-0.39, 0.29) is 5.82 Å². The first-order valence-electron chi connectivity index (χ1n) is 7.19. The fourth-order valence-electron chi connectivity index (χ4n) is 2.71. The lowest BCUT2D eigenvalue weighted by Gasteiger charge is -2.36. The van der Waals surface area contributed by atoms with Crippen LogP contribution in [0.2, 0.25) is 0 Å². The number of rotatable bonds is 3. The topological polar surface area (TPSA) is 6.48 Å². The van der Waals surface area contributed by atoms with Gasteiger partial charge in [0.25, 0.3) is 0 Å². The van der Waals surface area contributed by atoms with E-state index in [1.54, 1.807) is 6.07 Å². The number of benzene rings is 2. The molecule has 0 atom stereocenters. The van der Waals surface area contributed by atoms with Crippen LogP contribution in [-0.4, -0.2) is 31.1 Å². The van der Waals surface area contributed by atoms with Gasteiger partial charge in [0.1, 0.15) is 5.82 Å². The molecule has 2 aromatic carbocycles. The molecule has 2 aromatic rings. The van der Waals surface area contributed by atoms with Gasteiger partial charge in [0.2, 0.25) is 0 Å². The third-order valence-electron chi connectivity index (χ3n) is 3.92. The molecular weight excluding hydrogens is 331 g/mol. The minimum Gasteiger partial charge on any atom is -0.369 e. The molecule has 0 aromatic heterocycles. The summed E-state index contributed by atoms with van der Waals surface area (Å²) in [5.41, 5.74) is 2.30. The summed E-state index contributed by atoms with van der Waals surface area (Å²) >= 11 is 3.34. The number of hydrogen-bond acceptors (Lipinski definition) is 2. The highest BCUT2D eigenvalue weighted by Crippen LogP contribution is 2.23. The Labute approximate surface area is 133 Å². The molecular formula is C17H18BrFN2. The van der Waals surface area contributed by atoms with Crippen molar-refractivity contribution >= 4 is 21.6 Å². The Balaban J connectivity index is 1.60. The highest BCUT2D eigenvalue weighted by Gasteiger charge is 2.18. The van der Waals surface area contributed by atoms with Crippen LogP contribution in [0.25, 0.3) is 0 Å². The summed E-state index contributed by atoms with van der Waals surface area (Å²) in [6.07, 6.45) is 0. The van der Waals surface area contributed by atoms with E-state index in [1.807, 2.05) is 12.1 Å². The summed E-state index contributed by atoms with van der Waals surface area (Å²) in [5.74, 6) is -0.185. The SMILES string of the molecule is Fc1cccc(CN2CCN(c3ccccc3)CC2)c1Br. The average Bonchev–Trinajstić information content (AvgIpc) is 2.53. The predicted octanol–water partition coefficient (Wildman–Crippen LogP) is 3.91. The molecule has 3 rings (SSSR count). The Morgan fingerprint density at radius 3 is 2.33 bits per heavy atom. The summed E-state index contributed by atoms with van der Waals surface area (Å²) < 4.78 is 14.1. The Morgan fingerprint density at radius 2 is 1.62 bits per heavy atom. The summed E-state index contributed by atoms with van der Waals surface area (Å²) in [6, 6.07) is 15.7. The number of anilines is 1. The van der Waals surface area contributed by atoms with E-state index >= 15 is 0 Å². The van der Waals surface area contributed by atoms with E-state index in [4.69, 9.17) is 0 Å². The molecule has 4 heteroatoms. The monoisotopic (exact) mass is 348 g/mol. The standard InChI is InChI=1S/C17H18BrFN2/c18-17-14(5-4-8-16(17)19)13-20-9-11-21(12-10-20)15-6-2-1-3-7-15/h1-8H,9-13H2. The molecule has 0 radical (unpaired) electrons. The molecule has 1 aliphatic rings. The van der Waals surface area contributed by atoms with Crippen LogP contribution in [0.4, 0.5) is 10.1 Å². The predicted molar refractivity (Wildman–Crippen MR) is 88.0 cm³/mol. The molecule has 0 aliphatic carbocycles. The second-order valence-electron chi connectivity index (χ2n) is 5.31. The van der Waals surface area contributed by atoms with Crippen molar-refractivity contribution in [1.29, 1.82) is 0 Å². The summed E-state index contributed by atoms with van der Waals surface area (Å²) in [5, 5.41) is 0. The number of para-hydroxylation sites is 1. The van der Waals surface area contributed by atoms with Crippen molar-refractivity contribution in [1.82, 2.24) is 4.90 Å². The zero-order valence-corrected chi connectivity index (χ0v) is 13.4. The van der Waals surface area contributed by atoms with Crippen LogP contribution in [0.1, 0.15) is 5.56 Å². The third-order valence-corrected chi connectivity index (χ3v) is 4.81. The zero-order chi connectivity index (χ0) is 14.7. The Kier molecular flexibility index (Phi) is 4.56. The minimum atomic E-state index is -0.185. The highest BCUT2D eigenvalue weighted by molar-refractivity contribution is 9.10. The number of nitrogens with zero attached hydrogens (tertiary/aromatic N) is 2. The van der Waals surface area contributed by atoms with E-state index in [0.717, 1.165) is 38.3 Å². The molecule has 2 nitrogen and oxygen atoms in total. The normalized spacial score (nSPS) is 16.2. The lowest BCUT2D eigenvalue weighted by Crippen LogP contribution is -2.46. The van der Waals surface area contributed by atoms with Gasteiger partial charge in [0, 0.05) is 38.4 Å². The first-order chi connectivity index (χ1) is 10.2. The van der Waals surface area contributed by atoms with Gasteiger partial charge in [-0.3, -0.25) is 4.90 Å². The second kappa shape index (κ2) is 6.58. The largest absolute Gasteiger partial charge is 0.369 e. The Morgan fingerprint density at radius 1 is 0.905 bits per heavy atom. The van der Waals surface area contributed by atoms with Gasteiger partial charge in [0.05, 0.1) is 4.47 Å². The van der Waals surface area contributed by atoms with Crippen molar-refractivity contribution in [3.05, 3.63) is 64.4 Å². The Bertz CT molecular complexity index is 595. The average molecular weight is 349 g/mol. The molecule has 0 bridgehead atoms. The van der Waals surface area contributed by atoms with E-state index in [1.165, 1.54) is 11.8 Å². The summed E-state index contributed by atoms with van der Waals surface area (Å²) in [6.45, 7) is 4.81. The maximum atomic E-state index is 13.5. The van der Waals surface area contributed by atoms with Crippen LogP contribution in [0.3, 0.4) is 0 Å². The van der Waals surface area contributed by atoms with Crippen molar-refractivity contribution in [2.45, 2.75) is 6.54 Å². The van der Waals surface area contributed by atoms with Gasteiger partial charge in [-0.1, -0.05) is 30.3 Å². The fourth-order valence-corrected chi connectivity index (χ4v) is 3.10. The molecule has 1 fully saturated rings. The van der Waals surface area contributed by atoms with Crippen LogP contribution in [0.15, 0.2) is 53.0 Å². The van der Waals surface area contributed by atoms with E-state index in [2.05, 4.69) is 50.0 Å². The minimum absolute atomic E-state index is 0.185. The van der Waals surface area contributed by atoms with Crippen LogP contribution < -0.4 is 4.90 Å². The van der Waals surface area contributed by atoms with Crippen molar-refractivity contribution in [2.75, 3.05) is 31.1 Å². The molecule has 1 aliphatic heterocycles. The molecule has 1 heterocycles. The van der Waals surface area contributed by atoms with Crippen LogP contribution in [0.5, 0.6) is 0 Å². The maximum Gasteiger partial charge on any atom is 0.137 e. The lowest BCUT2D eigenvalue weighted by molar-refractivity contribution is 0.249. The first kappa shape index (κ1) is 14.5. The molecule has 0 spiro atoms. The van der Waals surface area contributed by atoms with Crippen molar-refractivity contribution in [3.63, 3.8) is 0 Å². The summed E-state index contributed by atoms with van der Waals surface area (Å²) in [7, 11) is 0. The second-order valence-corrected chi connectivity index (χ2v) is 6.10. The maximum absolute atomic E-state index is 13.5. The molecule has 0 saturated carbocycles. The van der Waals surface area contributed by atoms with Crippen molar-refractivity contribution < 1.29 is 4.39 Å². The lowest BCUT2D eigenvalue weighted by atomic mass is 10.2. The molecule has 0 N–H and O–H groups in total. The zero-order valence-electron chi connectivity index (χ0n) is 11.8. The van der Waals surface area contributed by atoms with E-state index in [0.29, 0.717) is 4.47 Å². The first-order valence-corrected chi connectivity index (χ1v) is 7.98. The summed E-state index contributed by atoms with van der Waals surface area (Å²) in [4.78, 5) is 4.77. The highest BCUT2D eigenvalue weighted by atomic mass is 79.9. The van der Waals surface area contributed by atoms with Crippen LogP contribution in [0, 0.1) is 5.82 Å². The number of hydrogen-bond donors (Lipinski definition) is 0. The van der Waals surface area contributed by atoms with Gasteiger partial charge in [-0.2, -0.15) is 0 Å². The molecule has 110 valence electrons. The van der Waals surface area contributed by atoms with Crippen LogP contribution >= 0.6 is 15.9 Å². The quantitative estimate of drug-likeness (QED) is 0.829. The van der Waals surface area contributed by atoms with E-state index < -0.39 is 0 Å². The van der Waals surface area contributed by atoms with Crippen molar-refractivity contribution in [2.24, 2.45) is 0 Å². The molecule has 0 unspecified atom stereocenters. The Hall–Kier alpha value is -1.39.